The lowest BCUT2D eigenvalue weighted by molar-refractivity contribution is -0.189. The molecule has 0 fully saturated rings. The van der Waals surface area contributed by atoms with E-state index in [1.165, 1.54) is 6.08 Å². The van der Waals surface area contributed by atoms with Crippen molar-refractivity contribution in [2.24, 2.45) is 0 Å². The van der Waals surface area contributed by atoms with E-state index in [4.69, 9.17) is 0 Å². The van der Waals surface area contributed by atoms with Gasteiger partial charge in [-0.15, -0.1) is 6.58 Å². The van der Waals surface area contributed by atoms with Gasteiger partial charge in [0.2, 0.25) is 5.82 Å². The van der Waals surface area contributed by atoms with E-state index < -0.39 is 47.4 Å². The lowest BCUT2D eigenvalue weighted by Gasteiger charge is -2.20. The number of alkyl halides is 3. The summed E-state index contributed by atoms with van der Waals surface area (Å²) in [7, 11) is 0. The van der Waals surface area contributed by atoms with Gasteiger partial charge in [0.1, 0.15) is 5.56 Å². The Labute approximate surface area is 157 Å². The average Bonchev–Trinajstić information content (AvgIpc) is 2.66. The van der Waals surface area contributed by atoms with Gasteiger partial charge in [0, 0.05) is 0 Å². The Kier molecular flexibility index (Phi) is 7.10. The Morgan fingerprint density at radius 1 is 0.857 bits per heavy atom. The quantitative estimate of drug-likeness (QED) is 0.346. The normalized spacial score (nSPS) is 11.5. The molecule has 8 heteroatoms. The van der Waals surface area contributed by atoms with Crippen molar-refractivity contribution in [3.05, 3.63) is 76.9 Å². The fraction of sp³-hybridized carbons (Fsp3) is 0.300. The van der Waals surface area contributed by atoms with Crippen LogP contribution in [0.3, 0.4) is 0 Å². The number of benzene rings is 2. The Morgan fingerprint density at radius 2 is 1.46 bits per heavy atom. The number of allylic oxidation sites excluding steroid dienone is 1. The molecule has 28 heavy (non-hydrogen) atoms. The molecule has 0 aliphatic rings. The molecule has 2 aromatic carbocycles. The first-order valence-electron chi connectivity index (χ1n) is 8.40. The van der Waals surface area contributed by atoms with Gasteiger partial charge >= 0.3 is 6.11 Å². The molecular weight excluding hydrogens is 389 g/mol. The van der Waals surface area contributed by atoms with Crippen molar-refractivity contribution in [2.75, 3.05) is 6.67 Å². The zero-order valence-electron chi connectivity index (χ0n) is 14.7. The second-order valence-electron chi connectivity index (χ2n) is 5.99. The maximum Gasteiger partial charge on any atom is 0.429 e. The zero-order valence-corrected chi connectivity index (χ0v) is 14.7. The Hall–Kier alpha value is -2.51. The minimum Gasteiger partial charge on any atom is -0.426 e. The zero-order chi connectivity index (χ0) is 20.9. The van der Waals surface area contributed by atoms with Crippen LogP contribution < -0.4 is 4.74 Å². The maximum absolute atomic E-state index is 14.3. The van der Waals surface area contributed by atoms with E-state index in [9.17, 15) is 30.7 Å². The van der Waals surface area contributed by atoms with Crippen LogP contribution >= 0.6 is 0 Å². The summed E-state index contributed by atoms with van der Waals surface area (Å²) in [5.74, 6) is -7.68. The van der Waals surface area contributed by atoms with Crippen LogP contribution in [0, 0.1) is 23.3 Å². The maximum atomic E-state index is 14.3. The van der Waals surface area contributed by atoms with Crippen molar-refractivity contribution in [2.45, 2.75) is 31.8 Å². The molecule has 2 rings (SSSR count). The second-order valence-corrected chi connectivity index (χ2v) is 5.99. The molecule has 0 saturated heterocycles. The smallest absolute Gasteiger partial charge is 0.426 e. The minimum atomic E-state index is -4.46. The van der Waals surface area contributed by atoms with Gasteiger partial charge < -0.3 is 4.74 Å². The highest BCUT2D eigenvalue weighted by atomic mass is 19.3. The van der Waals surface area contributed by atoms with E-state index in [1.54, 1.807) is 0 Å². The second kappa shape index (κ2) is 9.12. The molecule has 0 saturated carbocycles. The third-order valence-electron chi connectivity index (χ3n) is 4.04. The first-order chi connectivity index (χ1) is 13.2. The lowest BCUT2D eigenvalue weighted by atomic mass is 10.0. The van der Waals surface area contributed by atoms with Crippen molar-refractivity contribution >= 4 is 0 Å². The number of rotatable bonds is 9. The molecule has 0 radical (unpaired) electrons. The molecule has 0 atom stereocenters. The van der Waals surface area contributed by atoms with Gasteiger partial charge in [-0.1, -0.05) is 18.2 Å². The van der Waals surface area contributed by atoms with Gasteiger partial charge in [-0.25, -0.2) is 13.2 Å². The molecule has 0 heterocycles. The van der Waals surface area contributed by atoms with Crippen LogP contribution in [0.15, 0.2) is 36.9 Å². The minimum absolute atomic E-state index is 0.0547. The highest BCUT2D eigenvalue weighted by molar-refractivity contribution is 5.34. The van der Waals surface area contributed by atoms with Gasteiger partial charge in [-0.2, -0.15) is 13.2 Å². The third kappa shape index (κ3) is 4.66. The van der Waals surface area contributed by atoms with Crippen LogP contribution in [0.1, 0.15) is 29.5 Å². The number of halogens is 7. The predicted molar refractivity (Wildman–Crippen MR) is 90.1 cm³/mol. The Bertz CT molecular complexity index is 849. The van der Waals surface area contributed by atoms with Crippen molar-refractivity contribution in [3.63, 3.8) is 0 Å². The lowest BCUT2D eigenvalue weighted by Crippen LogP contribution is -2.25. The van der Waals surface area contributed by atoms with Crippen LogP contribution in [-0.2, 0) is 19.0 Å². The first kappa shape index (κ1) is 21.8. The molecule has 152 valence electrons. The average molecular weight is 406 g/mol. The van der Waals surface area contributed by atoms with Crippen molar-refractivity contribution < 1.29 is 35.5 Å². The van der Waals surface area contributed by atoms with Crippen molar-refractivity contribution in [3.8, 4) is 5.75 Å². The van der Waals surface area contributed by atoms with Crippen LogP contribution in [0.2, 0.25) is 0 Å². The summed E-state index contributed by atoms with van der Waals surface area (Å²) in [4.78, 5) is 0. The SMILES string of the molecule is C=CCCc1ccc(C(F)(F)Oc2ccc(CCCF)c(F)c2F)c(F)c1F. The van der Waals surface area contributed by atoms with Crippen molar-refractivity contribution in [1.82, 2.24) is 0 Å². The van der Waals surface area contributed by atoms with E-state index in [0.717, 1.165) is 18.2 Å². The summed E-state index contributed by atoms with van der Waals surface area (Å²) >= 11 is 0. The molecule has 0 aliphatic carbocycles. The van der Waals surface area contributed by atoms with Gasteiger partial charge in [0.15, 0.2) is 23.2 Å². The molecule has 0 aromatic heterocycles. The van der Waals surface area contributed by atoms with Crippen LogP contribution in [0.4, 0.5) is 30.7 Å². The third-order valence-corrected chi connectivity index (χ3v) is 4.04. The molecule has 0 N–H and O–H groups in total. The van der Waals surface area contributed by atoms with Crippen LogP contribution in [-0.4, -0.2) is 6.67 Å². The molecule has 2 aromatic rings. The molecule has 1 nitrogen and oxygen atoms in total. The fourth-order valence-corrected chi connectivity index (χ4v) is 2.56. The van der Waals surface area contributed by atoms with E-state index in [2.05, 4.69) is 11.3 Å². The van der Waals surface area contributed by atoms with Crippen LogP contribution in [0.5, 0.6) is 5.75 Å². The number of hydrogen-bond donors (Lipinski definition) is 0. The van der Waals surface area contributed by atoms with E-state index in [1.807, 2.05) is 0 Å². The van der Waals surface area contributed by atoms with E-state index in [-0.39, 0.29) is 30.4 Å². The number of aryl methyl sites for hydroxylation is 2. The Morgan fingerprint density at radius 3 is 2.11 bits per heavy atom. The predicted octanol–water partition coefficient (Wildman–Crippen LogP) is 6.39. The molecule has 0 amide bonds. The Balaban J connectivity index is 2.32. The molecule has 0 spiro atoms. The molecule has 0 aliphatic heterocycles. The highest BCUT2D eigenvalue weighted by Gasteiger charge is 2.40. The highest BCUT2D eigenvalue weighted by Crippen LogP contribution is 2.36. The van der Waals surface area contributed by atoms with E-state index >= 15 is 0 Å². The summed E-state index contributed by atoms with van der Waals surface area (Å²) in [5.41, 5.74) is -1.80. The molecule has 0 unspecified atom stereocenters. The number of hydrogen-bond acceptors (Lipinski definition) is 1. The number of ether oxygens (including phenoxy) is 1. The summed E-state index contributed by atoms with van der Waals surface area (Å²) in [6, 6.07) is 3.29. The van der Waals surface area contributed by atoms with Crippen LogP contribution in [0.25, 0.3) is 0 Å². The summed E-state index contributed by atoms with van der Waals surface area (Å²) in [5, 5.41) is 0. The van der Waals surface area contributed by atoms with Gasteiger partial charge in [-0.05, 0) is 48.9 Å². The molecule has 0 bridgehead atoms. The standard InChI is InChI=1S/C20H17F7O/c1-2-3-5-12-7-9-14(18(24)16(12)22)20(26,27)28-15-10-8-13(6-4-11-21)17(23)19(15)25/h2,7-10H,1,3-6,11H2. The summed E-state index contributed by atoms with van der Waals surface area (Å²) < 4.78 is 101. The monoisotopic (exact) mass is 406 g/mol. The van der Waals surface area contributed by atoms with Gasteiger partial charge in [0.25, 0.3) is 0 Å². The first-order valence-corrected chi connectivity index (χ1v) is 8.40. The van der Waals surface area contributed by atoms with Gasteiger partial charge in [-0.3, -0.25) is 4.39 Å². The fourth-order valence-electron chi connectivity index (χ4n) is 2.56. The topological polar surface area (TPSA) is 9.23 Å². The molecular formula is C20H17F7O. The van der Waals surface area contributed by atoms with Crippen molar-refractivity contribution in [1.29, 1.82) is 0 Å². The van der Waals surface area contributed by atoms with Gasteiger partial charge in [0.05, 0.1) is 6.67 Å². The van der Waals surface area contributed by atoms with E-state index in [0.29, 0.717) is 12.5 Å². The summed E-state index contributed by atoms with van der Waals surface area (Å²) in [6.07, 6.45) is -2.86. The largest absolute Gasteiger partial charge is 0.429 e. The summed E-state index contributed by atoms with van der Waals surface area (Å²) in [6.45, 7) is 2.67.